The zero-order valence-electron chi connectivity index (χ0n) is 20.5. The number of carbonyl (C=O) groups excluding carboxylic acids is 3. The number of anilines is 1. The molecule has 194 valence electrons. The van der Waals surface area contributed by atoms with Gasteiger partial charge in [0.1, 0.15) is 6.04 Å². The third-order valence-electron chi connectivity index (χ3n) is 6.46. The molecule has 0 saturated carbocycles. The first-order valence-corrected chi connectivity index (χ1v) is 11.9. The van der Waals surface area contributed by atoms with Gasteiger partial charge in [0.05, 0.1) is 5.56 Å². The summed E-state index contributed by atoms with van der Waals surface area (Å²) in [6.45, 7) is 6.65. The maximum absolute atomic E-state index is 13.4. The molecule has 3 unspecified atom stereocenters. The monoisotopic (exact) mass is 504 g/mol. The van der Waals surface area contributed by atoms with Crippen molar-refractivity contribution in [2.24, 2.45) is 5.92 Å². The Morgan fingerprint density at radius 1 is 1.03 bits per heavy atom. The standard InChI is InChI=1S/C26H31F3N4O3/c1-4-17(2)22(31-25(36)30-21-12-10-20(11-13-21)26(27,28)29)24(35)32-14-15-33(18(3)16-32)23(34)19-8-6-5-7-9-19/h5-13,17-18,22H,4,14-16H2,1-3H3,(H2,30,31,36). The van der Waals surface area contributed by atoms with E-state index in [4.69, 9.17) is 0 Å². The summed E-state index contributed by atoms with van der Waals surface area (Å²) in [5.74, 6) is -0.538. The maximum atomic E-state index is 13.4. The van der Waals surface area contributed by atoms with Gasteiger partial charge in [-0.05, 0) is 49.2 Å². The lowest BCUT2D eigenvalue weighted by Gasteiger charge is -2.41. The van der Waals surface area contributed by atoms with Crippen LogP contribution in [0.2, 0.25) is 0 Å². The lowest BCUT2D eigenvalue weighted by molar-refractivity contribution is -0.138. The van der Waals surface area contributed by atoms with Crippen molar-refractivity contribution in [3.05, 3.63) is 65.7 Å². The number of alkyl halides is 3. The summed E-state index contributed by atoms with van der Waals surface area (Å²) in [6, 6.07) is 11.3. The molecule has 0 aromatic heterocycles. The zero-order chi connectivity index (χ0) is 26.5. The van der Waals surface area contributed by atoms with Crippen molar-refractivity contribution < 1.29 is 27.6 Å². The van der Waals surface area contributed by atoms with E-state index in [9.17, 15) is 27.6 Å². The Morgan fingerprint density at radius 2 is 1.67 bits per heavy atom. The fourth-order valence-electron chi connectivity index (χ4n) is 4.14. The molecule has 1 aliphatic rings. The molecule has 2 aromatic rings. The van der Waals surface area contributed by atoms with Gasteiger partial charge in [-0.2, -0.15) is 13.2 Å². The van der Waals surface area contributed by atoms with Gasteiger partial charge in [-0.3, -0.25) is 9.59 Å². The molecule has 1 fully saturated rings. The van der Waals surface area contributed by atoms with Crippen molar-refractivity contribution in [2.75, 3.05) is 25.0 Å². The molecule has 7 nitrogen and oxygen atoms in total. The minimum absolute atomic E-state index is 0.0947. The molecular formula is C26H31F3N4O3. The van der Waals surface area contributed by atoms with E-state index in [0.29, 0.717) is 31.6 Å². The van der Waals surface area contributed by atoms with Crippen molar-refractivity contribution in [3.8, 4) is 0 Å². The van der Waals surface area contributed by atoms with Gasteiger partial charge < -0.3 is 20.4 Å². The van der Waals surface area contributed by atoms with Crippen LogP contribution < -0.4 is 10.6 Å². The summed E-state index contributed by atoms with van der Waals surface area (Å²) in [5.41, 5.74) is -0.0548. The molecule has 0 bridgehead atoms. The molecule has 1 saturated heterocycles. The number of benzene rings is 2. The molecule has 4 amide bonds. The number of halogens is 3. The largest absolute Gasteiger partial charge is 0.416 e. The minimum Gasteiger partial charge on any atom is -0.337 e. The smallest absolute Gasteiger partial charge is 0.337 e. The quantitative estimate of drug-likeness (QED) is 0.603. The van der Waals surface area contributed by atoms with Crippen molar-refractivity contribution >= 4 is 23.5 Å². The van der Waals surface area contributed by atoms with Gasteiger partial charge in [-0.25, -0.2) is 4.79 Å². The van der Waals surface area contributed by atoms with Crippen LogP contribution in [-0.2, 0) is 11.0 Å². The molecule has 3 atom stereocenters. The predicted octanol–water partition coefficient (Wildman–Crippen LogP) is 4.61. The van der Waals surface area contributed by atoms with Crippen LogP contribution in [0.15, 0.2) is 54.6 Å². The summed E-state index contributed by atoms with van der Waals surface area (Å²) in [7, 11) is 0. The molecule has 0 aliphatic carbocycles. The molecule has 10 heteroatoms. The maximum Gasteiger partial charge on any atom is 0.416 e. The molecule has 36 heavy (non-hydrogen) atoms. The number of nitrogens with one attached hydrogen (secondary N) is 2. The highest BCUT2D eigenvalue weighted by atomic mass is 19.4. The predicted molar refractivity (Wildman–Crippen MR) is 130 cm³/mol. The van der Waals surface area contributed by atoms with Crippen molar-refractivity contribution in [3.63, 3.8) is 0 Å². The lowest BCUT2D eigenvalue weighted by atomic mass is 9.97. The lowest BCUT2D eigenvalue weighted by Crippen LogP contribution is -2.60. The third-order valence-corrected chi connectivity index (χ3v) is 6.46. The van der Waals surface area contributed by atoms with E-state index in [1.807, 2.05) is 26.8 Å². The first-order valence-electron chi connectivity index (χ1n) is 11.9. The minimum atomic E-state index is -4.47. The number of rotatable bonds is 6. The average Bonchev–Trinajstić information content (AvgIpc) is 2.86. The van der Waals surface area contributed by atoms with E-state index < -0.39 is 23.8 Å². The summed E-state index contributed by atoms with van der Waals surface area (Å²) < 4.78 is 38.3. The van der Waals surface area contributed by atoms with Crippen LogP contribution in [0.3, 0.4) is 0 Å². The molecule has 1 aliphatic heterocycles. The number of amides is 4. The normalized spacial score (nSPS) is 17.8. The van der Waals surface area contributed by atoms with Gasteiger partial charge in [0.25, 0.3) is 5.91 Å². The molecule has 2 N–H and O–H groups in total. The Morgan fingerprint density at radius 3 is 2.22 bits per heavy atom. The van der Waals surface area contributed by atoms with E-state index in [1.54, 1.807) is 34.1 Å². The van der Waals surface area contributed by atoms with E-state index in [0.717, 1.165) is 24.3 Å². The van der Waals surface area contributed by atoms with E-state index in [-0.39, 0.29) is 29.5 Å². The van der Waals surface area contributed by atoms with Crippen molar-refractivity contribution in [1.82, 2.24) is 15.1 Å². The Bertz CT molecular complexity index is 1060. The van der Waals surface area contributed by atoms with Crippen LogP contribution in [0.25, 0.3) is 0 Å². The highest BCUT2D eigenvalue weighted by Gasteiger charge is 2.35. The van der Waals surface area contributed by atoms with Crippen molar-refractivity contribution in [1.29, 1.82) is 0 Å². The van der Waals surface area contributed by atoms with E-state index >= 15 is 0 Å². The molecule has 2 aromatic carbocycles. The van der Waals surface area contributed by atoms with Gasteiger partial charge >= 0.3 is 12.2 Å². The topological polar surface area (TPSA) is 81.8 Å². The molecular weight excluding hydrogens is 473 g/mol. The number of piperazine rings is 1. The van der Waals surface area contributed by atoms with Crippen LogP contribution >= 0.6 is 0 Å². The fourth-order valence-corrected chi connectivity index (χ4v) is 4.14. The Hall–Kier alpha value is -3.56. The molecule has 1 heterocycles. The summed E-state index contributed by atoms with van der Waals surface area (Å²) in [4.78, 5) is 42.2. The number of carbonyl (C=O) groups is 3. The third kappa shape index (κ3) is 6.56. The van der Waals surface area contributed by atoms with E-state index in [2.05, 4.69) is 10.6 Å². The van der Waals surface area contributed by atoms with Crippen LogP contribution in [0, 0.1) is 5.92 Å². The van der Waals surface area contributed by atoms with Gasteiger partial charge in [-0.15, -0.1) is 0 Å². The highest BCUT2D eigenvalue weighted by Crippen LogP contribution is 2.29. The van der Waals surface area contributed by atoms with Gasteiger partial charge in [-0.1, -0.05) is 38.5 Å². The van der Waals surface area contributed by atoms with Gasteiger partial charge in [0.15, 0.2) is 0 Å². The second-order valence-corrected chi connectivity index (χ2v) is 9.03. The second-order valence-electron chi connectivity index (χ2n) is 9.03. The molecule has 3 rings (SSSR count). The van der Waals surface area contributed by atoms with Crippen LogP contribution in [0.1, 0.15) is 43.1 Å². The van der Waals surface area contributed by atoms with Crippen LogP contribution in [0.5, 0.6) is 0 Å². The second kappa shape index (κ2) is 11.5. The number of hydrogen-bond donors (Lipinski definition) is 2. The van der Waals surface area contributed by atoms with E-state index in [1.165, 1.54) is 0 Å². The first kappa shape index (κ1) is 27.0. The fraction of sp³-hybridized carbons (Fsp3) is 0.423. The summed E-state index contributed by atoms with van der Waals surface area (Å²) in [6.07, 6.45) is -3.85. The number of hydrogen-bond acceptors (Lipinski definition) is 3. The van der Waals surface area contributed by atoms with Crippen LogP contribution in [0.4, 0.5) is 23.7 Å². The first-order chi connectivity index (χ1) is 17.0. The van der Waals surface area contributed by atoms with Gasteiger partial charge in [0.2, 0.25) is 5.91 Å². The molecule has 0 spiro atoms. The van der Waals surface area contributed by atoms with Crippen molar-refractivity contribution in [2.45, 2.75) is 45.5 Å². The van der Waals surface area contributed by atoms with Gasteiger partial charge in [0, 0.05) is 36.9 Å². The average molecular weight is 505 g/mol. The zero-order valence-corrected chi connectivity index (χ0v) is 20.5. The summed E-state index contributed by atoms with van der Waals surface area (Å²) in [5, 5.41) is 5.18. The molecule has 0 radical (unpaired) electrons. The summed E-state index contributed by atoms with van der Waals surface area (Å²) >= 11 is 0. The highest BCUT2D eigenvalue weighted by molar-refractivity contribution is 5.95. The Labute approximate surface area is 208 Å². The Kier molecular flexibility index (Phi) is 8.60. The number of nitrogens with zero attached hydrogens (tertiary/aromatic N) is 2. The van der Waals surface area contributed by atoms with Crippen LogP contribution in [-0.4, -0.2) is 59.4 Å². The number of urea groups is 1. The SMILES string of the molecule is CCC(C)C(NC(=O)Nc1ccc(C(F)(F)F)cc1)C(=O)N1CCN(C(=O)c2ccccc2)C(C)C1. The Balaban J connectivity index is 1.63.